The third kappa shape index (κ3) is 3.19. The van der Waals surface area contributed by atoms with E-state index in [0.29, 0.717) is 6.07 Å². The largest absolute Gasteiger partial charge is 0.416 e. The van der Waals surface area contributed by atoms with Crippen LogP contribution in [0.25, 0.3) is 0 Å². The molecule has 1 aromatic rings. The number of halogens is 4. The summed E-state index contributed by atoms with van der Waals surface area (Å²) >= 11 is 2.83. The fraction of sp³-hybridized carbons (Fsp3) is 0.250. The number of benzene rings is 1. The van der Waals surface area contributed by atoms with Gasteiger partial charge in [0.1, 0.15) is 0 Å². The van der Waals surface area contributed by atoms with Crippen LogP contribution in [0.3, 0.4) is 0 Å². The first-order valence-electron chi connectivity index (χ1n) is 4.00. The Hall–Kier alpha value is -0.600. The zero-order chi connectivity index (χ0) is 12.4. The Balaban J connectivity index is 3.19. The molecule has 0 aliphatic carbocycles. The molecule has 1 rings (SSSR count). The van der Waals surface area contributed by atoms with Crippen LogP contribution in [0.4, 0.5) is 13.2 Å². The minimum atomic E-state index is -4.56. The van der Waals surface area contributed by atoms with Crippen LogP contribution in [-0.2, 0) is 16.2 Å². The number of rotatable bonds is 3. The Labute approximate surface area is 98.8 Å². The van der Waals surface area contributed by atoms with E-state index in [1.54, 1.807) is 0 Å². The van der Waals surface area contributed by atoms with Crippen molar-refractivity contribution in [2.75, 3.05) is 5.45 Å². The molecule has 0 saturated heterocycles. The zero-order valence-electron chi connectivity index (χ0n) is 7.75. The maximum Gasteiger partial charge on any atom is 0.416 e. The summed E-state index contributed by atoms with van der Waals surface area (Å²) in [6, 6.07) is 3.55. The van der Waals surface area contributed by atoms with Gasteiger partial charge in [0.25, 0.3) is 0 Å². The smallest absolute Gasteiger partial charge is 0.207 e. The fourth-order valence-electron chi connectivity index (χ4n) is 0.995. The first-order valence-corrected chi connectivity index (χ1v) is 6.61. The molecular formula is C8H7BrF3NO2S. The van der Waals surface area contributed by atoms with Crippen LogP contribution in [0.5, 0.6) is 0 Å². The SMILES string of the molecule is O=S(=O)(NCBr)c1cccc(C(F)(F)F)c1. The van der Waals surface area contributed by atoms with Crippen LogP contribution >= 0.6 is 15.9 Å². The summed E-state index contributed by atoms with van der Waals surface area (Å²) in [5.41, 5.74) is -1.06. The summed E-state index contributed by atoms with van der Waals surface area (Å²) in [6.07, 6.45) is -4.56. The Morgan fingerprint density at radius 3 is 2.44 bits per heavy atom. The number of hydrogen-bond acceptors (Lipinski definition) is 2. The van der Waals surface area contributed by atoms with Crippen LogP contribution < -0.4 is 4.72 Å². The first kappa shape index (κ1) is 13.5. The van der Waals surface area contributed by atoms with Crippen LogP contribution in [0.1, 0.15) is 5.56 Å². The van der Waals surface area contributed by atoms with Gasteiger partial charge in [0.2, 0.25) is 10.0 Å². The molecule has 0 spiro atoms. The van der Waals surface area contributed by atoms with Crippen molar-refractivity contribution >= 4 is 26.0 Å². The first-order chi connectivity index (χ1) is 7.27. The van der Waals surface area contributed by atoms with Gasteiger partial charge in [-0.1, -0.05) is 22.0 Å². The van der Waals surface area contributed by atoms with Crippen molar-refractivity contribution in [2.45, 2.75) is 11.1 Å². The molecule has 0 aliphatic rings. The predicted octanol–water partition coefficient (Wildman–Crippen LogP) is 2.34. The lowest BCUT2D eigenvalue weighted by molar-refractivity contribution is -0.137. The van der Waals surface area contributed by atoms with E-state index < -0.39 is 26.7 Å². The fourth-order valence-corrected chi connectivity index (χ4v) is 2.75. The number of hydrogen-bond donors (Lipinski definition) is 1. The summed E-state index contributed by atoms with van der Waals surface area (Å²) in [4.78, 5) is -0.415. The number of sulfonamides is 1. The van der Waals surface area contributed by atoms with Gasteiger partial charge in [0.05, 0.1) is 15.9 Å². The third-order valence-corrected chi connectivity index (χ3v) is 3.77. The maximum absolute atomic E-state index is 12.3. The van der Waals surface area contributed by atoms with E-state index in [0.717, 1.165) is 18.2 Å². The van der Waals surface area contributed by atoms with E-state index in [1.165, 1.54) is 0 Å². The number of nitrogens with one attached hydrogen (secondary N) is 1. The molecular weight excluding hydrogens is 311 g/mol. The van der Waals surface area contributed by atoms with Crippen molar-refractivity contribution < 1.29 is 21.6 Å². The summed E-state index contributed by atoms with van der Waals surface area (Å²) in [7, 11) is -3.89. The highest BCUT2D eigenvalue weighted by Crippen LogP contribution is 2.30. The van der Waals surface area contributed by atoms with Crippen molar-refractivity contribution in [1.29, 1.82) is 0 Å². The molecule has 0 aromatic heterocycles. The third-order valence-electron chi connectivity index (χ3n) is 1.72. The second kappa shape index (κ2) is 4.72. The standard InChI is InChI=1S/C8H7BrF3NO2S/c9-5-13-16(14,15)7-3-1-2-6(4-7)8(10,11)12/h1-4,13H,5H2. The summed E-state index contributed by atoms with van der Waals surface area (Å²) in [5.74, 6) is 0. The average molecular weight is 318 g/mol. The lowest BCUT2D eigenvalue weighted by Crippen LogP contribution is -2.22. The van der Waals surface area contributed by atoms with Crippen molar-refractivity contribution in [3.8, 4) is 0 Å². The molecule has 16 heavy (non-hydrogen) atoms. The lowest BCUT2D eigenvalue weighted by Gasteiger charge is -2.09. The van der Waals surface area contributed by atoms with Crippen LogP contribution in [0.2, 0.25) is 0 Å². The molecule has 0 aliphatic heterocycles. The second-order valence-electron chi connectivity index (χ2n) is 2.81. The lowest BCUT2D eigenvalue weighted by atomic mass is 10.2. The Morgan fingerprint density at radius 1 is 1.31 bits per heavy atom. The second-order valence-corrected chi connectivity index (χ2v) is 5.13. The van der Waals surface area contributed by atoms with Crippen molar-refractivity contribution in [3.63, 3.8) is 0 Å². The Morgan fingerprint density at radius 2 is 1.94 bits per heavy atom. The van der Waals surface area contributed by atoms with Crippen molar-refractivity contribution in [2.24, 2.45) is 0 Å². The molecule has 0 radical (unpaired) electrons. The predicted molar refractivity (Wildman–Crippen MR) is 55.6 cm³/mol. The average Bonchev–Trinajstić information content (AvgIpc) is 2.16. The highest BCUT2D eigenvalue weighted by Gasteiger charge is 2.31. The monoisotopic (exact) mass is 317 g/mol. The Kier molecular flexibility index (Phi) is 3.97. The quantitative estimate of drug-likeness (QED) is 0.687. The van der Waals surface area contributed by atoms with E-state index in [9.17, 15) is 21.6 Å². The van der Waals surface area contributed by atoms with Gasteiger partial charge < -0.3 is 0 Å². The number of alkyl halides is 4. The van der Waals surface area contributed by atoms with Gasteiger partial charge in [-0.15, -0.1) is 0 Å². The summed E-state index contributed by atoms with van der Waals surface area (Å²) in [5, 5.41) is 0. The molecule has 90 valence electrons. The summed E-state index contributed by atoms with van der Waals surface area (Å²) in [6.45, 7) is 0. The van der Waals surface area contributed by atoms with E-state index >= 15 is 0 Å². The van der Waals surface area contributed by atoms with Crippen LogP contribution in [0, 0.1) is 0 Å². The van der Waals surface area contributed by atoms with Gasteiger partial charge >= 0.3 is 6.18 Å². The molecule has 0 unspecified atom stereocenters. The van der Waals surface area contributed by atoms with Crippen molar-refractivity contribution in [1.82, 2.24) is 4.72 Å². The van der Waals surface area contributed by atoms with E-state index in [4.69, 9.17) is 0 Å². The highest BCUT2D eigenvalue weighted by atomic mass is 79.9. The van der Waals surface area contributed by atoms with Crippen LogP contribution in [-0.4, -0.2) is 13.9 Å². The van der Waals surface area contributed by atoms with Crippen LogP contribution in [0.15, 0.2) is 29.2 Å². The van der Waals surface area contributed by atoms with Gasteiger partial charge in [-0.05, 0) is 18.2 Å². The van der Waals surface area contributed by atoms with Gasteiger partial charge in [0.15, 0.2) is 0 Å². The molecule has 0 heterocycles. The molecule has 3 nitrogen and oxygen atoms in total. The maximum atomic E-state index is 12.3. The minimum Gasteiger partial charge on any atom is -0.207 e. The van der Waals surface area contributed by atoms with E-state index in [2.05, 4.69) is 15.9 Å². The van der Waals surface area contributed by atoms with E-state index in [1.807, 2.05) is 4.72 Å². The molecule has 0 bridgehead atoms. The highest BCUT2D eigenvalue weighted by molar-refractivity contribution is 9.09. The molecule has 0 atom stereocenters. The molecule has 0 amide bonds. The zero-order valence-corrected chi connectivity index (χ0v) is 10.2. The van der Waals surface area contributed by atoms with Gasteiger partial charge in [-0.2, -0.15) is 13.2 Å². The molecule has 8 heteroatoms. The van der Waals surface area contributed by atoms with Gasteiger partial charge in [-0.3, -0.25) is 0 Å². The van der Waals surface area contributed by atoms with Crippen molar-refractivity contribution in [3.05, 3.63) is 29.8 Å². The topological polar surface area (TPSA) is 46.2 Å². The van der Waals surface area contributed by atoms with E-state index in [-0.39, 0.29) is 5.45 Å². The summed E-state index contributed by atoms with van der Waals surface area (Å²) < 4.78 is 61.8. The normalized spacial score (nSPS) is 12.8. The molecule has 1 N–H and O–H groups in total. The van der Waals surface area contributed by atoms with Gasteiger partial charge in [-0.25, -0.2) is 13.1 Å². The molecule has 1 aromatic carbocycles. The minimum absolute atomic E-state index is 0.0639. The van der Waals surface area contributed by atoms with Gasteiger partial charge in [0, 0.05) is 0 Å². The Bertz CT molecular complexity index is 472. The molecule has 0 fully saturated rings. The molecule has 0 saturated carbocycles.